The summed E-state index contributed by atoms with van der Waals surface area (Å²) in [5.41, 5.74) is 5.73. The van der Waals surface area contributed by atoms with Crippen LogP contribution in [0.3, 0.4) is 0 Å². The van der Waals surface area contributed by atoms with E-state index >= 15 is 0 Å². The third kappa shape index (κ3) is 9.73. The Hall–Kier alpha value is -1.76. The molecule has 0 aromatic rings. The zero-order valence-electron chi connectivity index (χ0n) is 13.1. The second kappa shape index (κ2) is 12.0. The number of hydrogen-bond acceptors (Lipinski definition) is 6. The normalized spacial score (nSPS) is 11.1. The summed E-state index contributed by atoms with van der Waals surface area (Å²) in [6, 6.07) is 0. The van der Waals surface area contributed by atoms with E-state index in [1.165, 1.54) is 4.90 Å². The SMILES string of the molecule is CCCOCCOC(=O)C=C(N)COC(=O)N(CC)CC. The fourth-order valence-electron chi connectivity index (χ4n) is 1.40. The zero-order valence-corrected chi connectivity index (χ0v) is 13.1. The van der Waals surface area contributed by atoms with Crippen LogP contribution in [-0.4, -0.2) is 56.5 Å². The minimum atomic E-state index is -0.577. The molecule has 2 N–H and O–H groups in total. The van der Waals surface area contributed by atoms with E-state index in [0.29, 0.717) is 26.3 Å². The molecule has 0 heterocycles. The summed E-state index contributed by atoms with van der Waals surface area (Å²) in [4.78, 5) is 24.5. The van der Waals surface area contributed by atoms with E-state index in [1.807, 2.05) is 20.8 Å². The van der Waals surface area contributed by atoms with Gasteiger partial charge in [0, 0.05) is 25.8 Å². The van der Waals surface area contributed by atoms with Crippen molar-refractivity contribution in [2.45, 2.75) is 27.2 Å². The van der Waals surface area contributed by atoms with Gasteiger partial charge in [0.1, 0.15) is 13.2 Å². The van der Waals surface area contributed by atoms with Crippen LogP contribution in [0, 0.1) is 0 Å². The number of nitrogens with zero attached hydrogens (tertiary/aromatic N) is 1. The lowest BCUT2D eigenvalue weighted by Crippen LogP contribution is -2.32. The Morgan fingerprint density at radius 2 is 1.71 bits per heavy atom. The van der Waals surface area contributed by atoms with Gasteiger partial charge in [-0.05, 0) is 20.3 Å². The van der Waals surface area contributed by atoms with Crippen molar-refractivity contribution in [3.63, 3.8) is 0 Å². The maximum atomic E-state index is 11.6. The average molecular weight is 302 g/mol. The predicted molar refractivity (Wildman–Crippen MR) is 78.6 cm³/mol. The van der Waals surface area contributed by atoms with Crippen LogP contribution in [0.5, 0.6) is 0 Å². The monoisotopic (exact) mass is 302 g/mol. The van der Waals surface area contributed by atoms with E-state index in [0.717, 1.165) is 12.5 Å². The largest absolute Gasteiger partial charge is 0.460 e. The molecule has 0 fully saturated rings. The van der Waals surface area contributed by atoms with Crippen LogP contribution in [0.4, 0.5) is 4.79 Å². The van der Waals surface area contributed by atoms with Crippen LogP contribution in [-0.2, 0) is 19.0 Å². The van der Waals surface area contributed by atoms with Gasteiger partial charge in [0.05, 0.1) is 12.3 Å². The summed E-state index contributed by atoms with van der Waals surface area (Å²) < 4.78 is 15.0. The zero-order chi connectivity index (χ0) is 16.1. The van der Waals surface area contributed by atoms with Gasteiger partial charge < -0.3 is 24.8 Å². The highest BCUT2D eigenvalue weighted by molar-refractivity contribution is 5.82. The Morgan fingerprint density at radius 3 is 2.29 bits per heavy atom. The number of nitrogens with two attached hydrogens (primary N) is 1. The summed E-state index contributed by atoms with van der Waals surface area (Å²) >= 11 is 0. The van der Waals surface area contributed by atoms with Gasteiger partial charge in [0.25, 0.3) is 0 Å². The molecule has 0 rings (SSSR count). The summed E-state index contributed by atoms with van der Waals surface area (Å²) in [7, 11) is 0. The molecule has 0 saturated carbocycles. The fourth-order valence-corrected chi connectivity index (χ4v) is 1.40. The molecule has 0 unspecified atom stereocenters. The summed E-state index contributed by atoms with van der Waals surface area (Å²) in [5, 5.41) is 0. The molecule has 0 aliphatic rings. The van der Waals surface area contributed by atoms with Gasteiger partial charge in [-0.1, -0.05) is 6.92 Å². The second-order valence-corrected chi connectivity index (χ2v) is 4.23. The first-order valence-electron chi connectivity index (χ1n) is 7.17. The van der Waals surface area contributed by atoms with Crippen molar-refractivity contribution >= 4 is 12.1 Å². The van der Waals surface area contributed by atoms with E-state index < -0.39 is 12.1 Å². The van der Waals surface area contributed by atoms with Crippen LogP contribution in [0.2, 0.25) is 0 Å². The minimum Gasteiger partial charge on any atom is -0.460 e. The standard InChI is InChI=1S/C14H26N2O5/c1-4-7-19-8-9-20-13(17)10-12(15)11-21-14(18)16(5-2)6-3/h10H,4-9,11,15H2,1-3H3. The van der Waals surface area contributed by atoms with Crippen molar-refractivity contribution in [1.29, 1.82) is 0 Å². The van der Waals surface area contributed by atoms with Crippen molar-refractivity contribution in [2.75, 3.05) is 39.5 Å². The van der Waals surface area contributed by atoms with Crippen LogP contribution >= 0.6 is 0 Å². The second-order valence-electron chi connectivity index (χ2n) is 4.23. The number of esters is 1. The Labute approximate surface area is 126 Å². The number of amides is 1. The number of hydrogen-bond donors (Lipinski definition) is 1. The van der Waals surface area contributed by atoms with Gasteiger partial charge in [0.15, 0.2) is 0 Å². The van der Waals surface area contributed by atoms with Gasteiger partial charge in [-0.25, -0.2) is 9.59 Å². The van der Waals surface area contributed by atoms with Crippen LogP contribution < -0.4 is 5.73 Å². The predicted octanol–water partition coefficient (Wildman–Crippen LogP) is 1.28. The molecule has 0 aliphatic carbocycles. The lowest BCUT2D eigenvalue weighted by Gasteiger charge is -2.17. The van der Waals surface area contributed by atoms with Crippen molar-refractivity contribution in [2.24, 2.45) is 5.73 Å². The fraction of sp³-hybridized carbons (Fsp3) is 0.714. The first-order valence-corrected chi connectivity index (χ1v) is 7.17. The van der Waals surface area contributed by atoms with Crippen LogP contribution in [0.25, 0.3) is 0 Å². The Bertz CT molecular complexity index is 340. The average Bonchev–Trinajstić information content (AvgIpc) is 2.46. The van der Waals surface area contributed by atoms with E-state index in [1.54, 1.807) is 0 Å². The molecule has 7 heteroatoms. The van der Waals surface area contributed by atoms with Crippen LogP contribution in [0.15, 0.2) is 11.8 Å². The highest BCUT2D eigenvalue weighted by atomic mass is 16.6. The van der Waals surface area contributed by atoms with Gasteiger partial charge in [-0.2, -0.15) is 0 Å². The molecule has 0 aromatic carbocycles. The molecule has 122 valence electrons. The third-order valence-electron chi connectivity index (χ3n) is 2.51. The van der Waals surface area contributed by atoms with E-state index in [2.05, 4.69) is 0 Å². The molecule has 0 saturated heterocycles. The number of rotatable bonds is 10. The molecule has 0 radical (unpaired) electrons. The van der Waals surface area contributed by atoms with Gasteiger partial charge in [-0.15, -0.1) is 0 Å². The lowest BCUT2D eigenvalue weighted by atomic mass is 10.4. The maximum Gasteiger partial charge on any atom is 0.410 e. The molecule has 0 aromatic heterocycles. The maximum absolute atomic E-state index is 11.6. The van der Waals surface area contributed by atoms with Gasteiger partial charge in [-0.3, -0.25) is 0 Å². The number of carbonyl (C=O) groups is 2. The highest BCUT2D eigenvalue weighted by Gasteiger charge is 2.11. The first-order chi connectivity index (χ1) is 10.0. The van der Waals surface area contributed by atoms with Crippen molar-refractivity contribution in [1.82, 2.24) is 4.90 Å². The quantitative estimate of drug-likeness (QED) is 0.371. The van der Waals surface area contributed by atoms with Gasteiger partial charge >= 0.3 is 12.1 Å². The summed E-state index contributed by atoms with van der Waals surface area (Å²) in [6.07, 6.45) is 1.56. The molecule has 1 amide bonds. The lowest BCUT2D eigenvalue weighted by molar-refractivity contribution is -0.139. The number of carbonyl (C=O) groups excluding carboxylic acids is 2. The van der Waals surface area contributed by atoms with Crippen molar-refractivity contribution in [3.8, 4) is 0 Å². The third-order valence-corrected chi connectivity index (χ3v) is 2.51. The van der Waals surface area contributed by atoms with Crippen molar-refractivity contribution in [3.05, 3.63) is 11.8 Å². The molecule has 7 nitrogen and oxygen atoms in total. The Morgan fingerprint density at radius 1 is 1.05 bits per heavy atom. The Balaban J connectivity index is 3.95. The van der Waals surface area contributed by atoms with Gasteiger partial charge in [0.2, 0.25) is 0 Å². The molecular formula is C14H26N2O5. The molecule has 0 aliphatic heterocycles. The topological polar surface area (TPSA) is 91.1 Å². The molecule has 0 bridgehead atoms. The van der Waals surface area contributed by atoms with E-state index in [-0.39, 0.29) is 18.9 Å². The molecular weight excluding hydrogens is 276 g/mol. The Kier molecular flexibility index (Phi) is 11.0. The smallest absolute Gasteiger partial charge is 0.410 e. The summed E-state index contributed by atoms with van der Waals surface area (Å²) in [5.74, 6) is -0.577. The minimum absolute atomic E-state index is 0.134. The first kappa shape index (κ1) is 19.2. The van der Waals surface area contributed by atoms with E-state index in [4.69, 9.17) is 19.9 Å². The van der Waals surface area contributed by atoms with Crippen LogP contribution in [0.1, 0.15) is 27.2 Å². The van der Waals surface area contributed by atoms with Crippen molar-refractivity contribution < 1.29 is 23.8 Å². The molecule has 21 heavy (non-hydrogen) atoms. The van der Waals surface area contributed by atoms with E-state index in [9.17, 15) is 9.59 Å². The number of ether oxygens (including phenoxy) is 3. The molecule has 0 atom stereocenters. The molecule has 0 spiro atoms. The highest BCUT2D eigenvalue weighted by Crippen LogP contribution is 1.96. The summed E-state index contributed by atoms with van der Waals surface area (Å²) in [6.45, 7) is 7.82.